The molecule has 0 radical (unpaired) electrons. The highest BCUT2D eigenvalue weighted by Gasteiger charge is 2.32. The Morgan fingerprint density at radius 2 is 2.05 bits per heavy atom. The molecule has 5 heteroatoms. The molecule has 0 fully saturated rings. The van der Waals surface area contributed by atoms with Crippen LogP contribution in [0.1, 0.15) is 17.0 Å². The van der Waals surface area contributed by atoms with Crippen molar-refractivity contribution in [3.8, 4) is 0 Å². The molecule has 0 spiro atoms. The Hall–Kier alpha value is -2.43. The number of benzene rings is 1. The van der Waals surface area contributed by atoms with E-state index in [2.05, 4.69) is 9.97 Å². The first kappa shape index (κ1) is 12.6. The van der Waals surface area contributed by atoms with Crippen molar-refractivity contribution >= 4 is 11.8 Å². The molecule has 0 aliphatic carbocycles. The van der Waals surface area contributed by atoms with Crippen molar-refractivity contribution in [2.75, 3.05) is 4.90 Å². The van der Waals surface area contributed by atoms with Crippen LogP contribution in [0.4, 0.5) is 5.82 Å². The van der Waals surface area contributed by atoms with Crippen LogP contribution in [-0.4, -0.2) is 27.1 Å². The molecule has 0 bridgehead atoms. The topological polar surface area (TPSA) is 66.3 Å². The molecule has 1 aromatic heterocycles. The summed E-state index contributed by atoms with van der Waals surface area (Å²) >= 11 is 0. The van der Waals surface area contributed by atoms with Crippen molar-refractivity contribution < 1.29 is 9.90 Å². The standard InChI is InChI=1S/C15H15N3O2/c1-10-16-7-6-14(17-10)18-9-12-5-3-2-4-11(12)8-13(18)15(19)20/h2-7,13H,8-9H2,1H3,(H,19,20). The average Bonchev–Trinajstić information content (AvgIpc) is 2.46. The lowest BCUT2D eigenvalue weighted by molar-refractivity contribution is -0.138. The Kier molecular flexibility index (Phi) is 3.10. The van der Waals surface area contributed by atoms with E-state index in [1.165, 1.54) is 0 Å². The minimum absolute atomic E-state index is 0.495. The number of aryl methyl sites for hydroxylation is 1. The van der Waals surface area contributed by atoms with Crippen LogP contribution in [0.3, 0.4) is 0 Å². The van der Waals surface area contributed by atoms with Gasteiger partial charge in [0, 0.05) is 19.2 Å². The summed E-state index contributed by atoms with van der Waals surface area (Å²) in [7, 11) is 0. The molecule has 1 unspecified atom stereocenters. The molecule has 1 atom stereocenters. The Morgan fingerprint density at radius 3 is 2.75 bits per heavy atom. The second kappa shape index (κ2) is 4.92. The van der Waals surface area contributed by atoms with Crippen LogP contribution < -0.4 is 4.90 Å². The third-order valence-corrected chi connectivity index (χ3v) is 3.59. The maximum atomic E-state index is 11.5. The lowest BCUT2D eigenvalue weighted by Gasteiger charge is -2.35. The number of carboxylic acid groups (broad SMARTS) is 1. The highest BCUT2D eigenvalue weighted by atomic mass is 16.4. The summed E-state index contributed by atoms with van der Waals surface area (Å²) in [5, 5.41) is 9.48. The number of rotatable bonds is 2. The zero-order chi connectivity index (χ0) is 14.1. The number of hydrogen-bond donors (Lipinski definition) is 1. The monoisotopic (exact) mass is 269 g/mol. The van der Waals surface area contributed by atoms with Crippen LogP contribution >= 0.6 is 0 Å². The fourth-order valence-electron chi connectivity index (χ4n) is 2.59. The molecule has 3 rings (SSSR count). The van der Waals surface area contributed by atoms with Crippen molar-refractivity contribution in [1.29, 1.82) is 0 Å². The van der Waals surface area contributed by atoms with Crippen LogP contribution in [0, 0.1) is 6.92 Å². The van der Waals surface area contributed by atoms with Gasteiger partial charge in [-0.15, -0.1) is 0 Å². The maximum absolute atomic E-state index is 11.5. The van der Waals surface area contributed by atoms with Crippen LogP contribution in [0.25, 0.3) is 0 Å². The lowest BCUT2D eigenvalue weighted by atomic mass is 9.94. The normalized spacial score (nSPS) is 17.6. The second-order valence-electron chi connectivity index (χ2n) is 4.92. The van der Waals surface area contributed by atoms with E-state index in [9.17, 15) is 9.90 Å². The molecule has 20 heavy (non-hydrogen) atoms. The van der Waals surface area contributed by atoms with Gasteiger partial charge in [-0.2, -0.15) is 0 Å². The third-order valence-electron chi connectivity index (χ3n) is 3.59. The summed E-state index contributed by atoms with van der Waals surface area (Å²) in [5.74, 6) is 0.487. The van der Waals surface area contributed by atoms with Gasteiger partial charge < -0.3 is 10.0 Å². The number of carboxylic acids is 1. The SMILES string of the molecule is Cc1nccc(N2Cc3ccccc3CC2C(=O)O)n1. The number of nitrogens with zero attached hydrogens (tertiary/aromatic N) is 3. The van der Waals surface area contributed by atoms with Gasteiger partial charge in [0.2, 0.25) is 0 Å². The van der Waals surface area contributed by atoms with Crippen molar-refractivity contribution in [2.24, 2.45) is 0 Å². The van der Waals surface area contributed by atoms with Gasteiger partial charge in [-0.1, -0.05) is 24.3 Å². The molecular weight excluding hydrogens is 254 g/mol. The van der Waals surface area contributed by atoms with Crippen LogP contribution in [-0.2, 0) is 17.8 Å². The number of hydrogen-bond acceptors (Lipinski definition) is 4. The van der Waals surface area contributed by atoms with Crippen LogP contribution in [0.15, 0.2) is 36.5 Å². The van der Waals surface area contributed by atoms with E-state index >= 15 is 0 Å². The van der Waals surface area contributed by atoms with Crippen molar-refractivity contribution in [1.82, 2.24) is 9.97 Å². The van der Waals surface area contributed by atoms with Crippen molar-refractivity contribution in [3.63, 3.8) is 0 Å². The van der Waals surface area contributed by atoms with Gasteiger partial charge >= 0.3 is 5.97 Å². The molecule has 1 aliphatic rings. The lowest BCUT2D eigenvalue weighted by Crippen LogP contribution is -2.46. The highest BCUT2D eigenvalue weighted by molar-refractivity contribution is 5.79. The fraction of sp³-hybridized carbons (Fsp3) is 0.267. The van der Waals surface area contributed by atoms with E-state index in [0.717, 1.165) is 11.1 Å². The average molecular weight is 269 g/mol. The smallest absolute Gasteiger partial charge is 0.326 e. The first-order valence-corrected chi connectivity index (χ1v) is 6.51. The summed E-state index contributed by atoms with van der Waals surface area (Å²) in [6.45, 7) is 2.36. The number of fused-ring (bicyclic) bond motifs is 1. The van der Waals surface area contributed by atoms with Crippen molar-refractivity contribution in [3.05, 3.63) is 53.5 Å². The quantitative estimate of drug-likeness (QED) is 0.900. The molecule has 0 amide bonds. The summed E-state index contributed by atoms with van der Waals surface area (Å²) < 4.78 is 0. The van der Waals surface area contributed by atoms with Crippen LogP contribution in [0.2, 0.25) is 0 Å². The van der Waals surface area contributed by atoms with Gasteiger partial charge in [-0.3, -0.25) is 0 Å². The van der Waals surface area contributed by atoms with Crippen molar-refractivity contribution in [2.45, 2.75) is 25.9 Å². The number of anilines is 1. The van der Waals surface area contributed by atoms with E-state index in [1.54, 1.807) is 19.2 Å². The number of aliphatic carboxylic acids is 1. The molecule has 0 saturated heterocycles. The van der Waals surface area contributed by atoms with Gasteiger partial charge in [0.05, 0.1) is 0 Å². The zero-order valence-corrected chi connectivity index (χ0v) is 11.2. The Morgan fingerprint density at radius 1 is 1.30 bits per heavy atom. The fourth-order valence-corrected chi connectivity index (χ4v) is 2.59. The van der Waals surface area contributed by atoms with Crippen LogP contribution in [0.5, 0.6) is 0 Å². The second-order valence-corrected chi connectivity index (χ2v) is 4.92. The summed E-state index contributed by atoms with van der Waals surface area (Å²) in [4.78, 5) is 21.8. The predicted octanol–water partition coefficient (Wildman–Crippen LogP) is 1.80. The first-order valence-electron chi connectivity index (χ1n) is 6.51. The summed E-state index contributed by atoms with van der Waals surface area (Å²) in [5.41, 5.74) is 2.25. The minimum Gasteiger partial charge on any atom is -0.480 e. The third kappa shape index (κ3) is 2.22. The minimum atomic E-state index is -0.823. The molecule has 2 aromatic rings. The molecule has 1 N–H and O–H groups in total. The molecule has 5 nitrogen and oxygen atoms in total. The molecule has 2 heterocycles. The zero-order valence-electron chi connectivity index (χ0n) is 11.2. The summed E-state index contributed by atoms with van der Waals surface area (Å²) in [6, 6.07) is 9.13. The highest BCUT2D eigenvalue weighted by Crippen LogP contribution is 2.27. The summed E-state index contributed by atoms with van der Waals surface area (Å²) in [6.07, 6.45) is 2.16. The van der Waals surface area contributed by atoms with E-state index in [0.29, 0.717) is 24.6 Å². The molecule has 102 valence electrons. The Bertz CT molecular complexity index is 657. The van der Waals surface area contributed by atoms with Gasteiger partial charge in [-0.25, -0.2) is 14.8 Å². The van der Waals surface area contributed by atoms with Gasteiger partial charge in [0.1, 0.15) is 17.7 Å². The molecule has 0 saturated carbocycles. The van der Waals surface area contributed by atoms with E-state index in [-0.39, 0.29) is 0 Å². The van der Waals surface area contributed by atoms with E-state index in [1.807, 2.05) is 29.2 Å². The largest absolute Gasteiger partial charge is 0.480 e. The van der Waals surface area contributed by atoms with Gasteiger partial charge in [0.25, 0.3) is 0 Å². The molecular formula is C15H15N3O2. The Labute approximate surface area is 116 Å². The predicted molar refractivity (Wildman–Crippen MR) is 74.5 cm³/mol. The Balaban J connectivity index is 2.02. The van der Waals surface area contributed by atoms with E-state index < -0.39 is 12.0 Å². The first-order chi connectivity index (χ1) is 9.65. The molecule has 1 aliphatic heterocycles. The number of carbonyl (C=O) groups is 1. The van der Waals surface area contributed by atoms with Gasteiger partial charge in [0.15, 0.2) is 0 Å². The molecule has 1 aromatic carbocycles. The maximum Gasteiger partial charge on any atom is 0.326 e. The van der Waals surface area contributed by atoms with Gasteiger partial charge in [-0.05, 0) is 24.1 Å². The number of aromatic nitrogens is 2. The van der Waals surface area contributed by atoms with E-state index in [4.69, 9.17) is 0 Å².